The fraction of sp³-hybridized carbons (Fsp3) is 0.476. The van der Waals surface area contributed by atoms with Crippen molar-refractivity contribution in [2.75, 3.05) is 30.4 Å². The molecule has 2 fully saturated rings. The summed E-state index contributed by atoms with van der Waals surface area (Å²) in [7, 11) is 2.09. The third-order valence-electron chi connectivity index (χ3n) is 5.86. The van der Waals surface area contributed by atoms with E-state index in [1.165, 1.54) is 38.8 Å². The number of piperidine rings is 2. The van der Waals surface area contributed by atoms with Gasteiger partial charge in [-0.2, -0.15) is 10.2 Å². The number of nitrogens with one attached hydrogen (secondary N) is 1. The Morgan fingerprint density at radius 2 is 2.11 bits per heavy atom. The van der Waals surface area contributed by atoms with Gasteiger partial charge < -0.3 is 10.2 Å². The number of benzene rings is 1. The fourth-order valence-corrected chi connectivity index (χ4v) is 4.72. The Kier molecular flexibility index (Phi) is 5.65. The molecule has 0 aliphatic carbocycles. The normalized spacial score (nSPS) is 22.2. The van der Waals surface area contributed by atoms with E-state index in [4.69, 9.17) is 21.8 Å². The number of anilines is 3. The molecule has 1 aromatic carbocycles. The summed E-state index contributed by atoms with van der Waals surface area (Å²) in [6, 6.07) is 10.4. The summed E-state index contributed by atoms with van der Waals surface area (Å²) in [5, 5.41) is 12.8. The first-order valence-electron chi connectivity index (χ1n) is 9.92. The van der Waals surface area contributed by atoms with Crippen molar-refractivity contribution in [3.8, 4) is 6.07 Å². The number of hydrogen-bond donors (Lipinski definition) is 1. The number of nitrogens with zero attached hydrogens (tertiary/aromatic N) is 5. The van der Waals surface area contributed by atoms with Crippen LogP contribution in [0.1, 0.15) is 37.7 Å². The zero-order chi connectivity index (χ0) is 19.5. The van der Waals surface area contributed by atoms with Gasteiger partial charge in [0.15, 0.2) is 5.82 Å². The highest BCUT2D eigenvalue weighted by Gasteiger charge is 2.36. The average molecular weight is 397 g/mol. The molecule has 0 radical (unpaired) electrons. The molecular formula is C21H25ClN6. The smallest absolute Gasteiger partial charge is 0.229 e. The van der Waals surface area contributed by atoms with Gasteiger partial charge in [-0.15, -0.1) is 0 Å². The maximum Gasteiger partial charge on any atom is 0.229 e. The molecule has 1 aromatic heterocycles. The van der Waals surface area contributed by atoms with Crippen molar-refractivity contribution in [1.82, 2.24) is 14.9 Å². The Bertz CT molecular complexity index is 877. The van der Waals surface area contributed by atoms with E-state index in [2.05, 4.69) is 33.2 Å². The van der Waals surface area contributed by atoms with Gasteiger partial charge in [0.25, 0.3) is 0 Å². The molecule has 2 saturated heterocycles. The molecule has 28 heavy (non-hydrogen) atoms. The van der Waals surface area contributed by atoms with E-state index in [1.807, 2.05) is 12.1 Å². The van der Waals surface area contributed by atoms with Crippen LogP contribution in [0.2, 0.25) is 5.02 Å². The van der Waals surface area contributed by atoms with E-state index in [0.717, 1.165) is 17.9 Å². The van der Waals surface area contributed by atoms with Crippen molar-refractivity contribution in [3.05, 3.63) is 41.0 Å². The summed E-state index contributed by atoms with van der Waals surface area (Å²) in [6.07, 6.45) is 7.86. The summed E-state index contributed by atoms with van der Waals surface area (Å²) in [4.78, 5) is 13.9. The molecule has 1 N–H and O–H groups in total. The minimum atomic E-state index is 0.413. The largest absolute Gasteiger partial charge is 0.354 e. The van der Waals surface area contributed by atoms with Gasteiger partial charge in [-0.1, -0.05) is 24.1 Å². The van der Waals surface area contributed by atoms with E-state index in [1.54, 1.807) is 18.3 Å². The SMILES string of the molecule is CN(c1nc(Nc2cccc(C#N)c2)ncc1Cl)[C@H]1CCCN2CCCC[C@H]12. The van der Waals surface area contributed by atoms with Crippen molar-refractivity contribution in [3.63, 3.8) is 0 Å². The van der Waals surface area contributed by atoms with Crippen LogP contribution < -0.4 is 10.2 Å². The molecule has 0 bridgehead atoms. The second-order valence-electron chi connectivity index (χ2n) is 7.60. The van der Waals surface area contributed by atoms with E-state index in [0.29, 0.717) is 28.6 Å². The van der Waals surface area contributed by atoms with Gasteiger partial charge in [0.05, 0.1) is 17.8 Å². The van der Waals surface area contributed by atoms with Crippen LogP contribution in [0.5, 0.6) is 0 Å². The van der Waals surface area contributed by atoms with Crippen LogP contribution in [-0.4, -0.2) is 47.1 Å². The number of fused-ring (bicyclic) bond motifs is 1. The highest BCUT2D eigenvalue weighted by atomic mass is 35.5. The second kappa shape index (κ2) is 8.34. The van der Waals surface area contributed by atoms with Crippen LogP contribution >= 0.6 is 11.6 Å². The summed E-state index contributed by atoms with van der Waals surface area (Å²) in [5.41, 5.74) is 1.38. The molecule has 2 atom stereocenters. The van der Waals surface area contributed by atoms with Crippen molar-refractivity contribution in [1.29, 1.82) is 5.26 Å². The molecule has 6 nitrogen and oxygen atoms in total. The maximum atomic E-state index is 9.08. The number of hydrogen-bond acceptors (Lipinski definition) is 6. The summed E-state index contributed by atoms with van der Waals surface area (Å²) < 4.78 is 0. The van der Waals surface area contributed by atoms with E-state index >= 15 is 0 Å². The molecule has 2 aliphatic rings. The van der Waals surface area contributed by atoms with Crippen LogP contribution in [0.25, 0.3) is 0 Å². The van der Waals surface area contributed by atoms with Crippen molar-refractivity contribution in [2.45, 2.75) is 44.2 Å². The first kappa shape index (κ1) is 19.0. The Morgan fingerprint density at radius 3 is 2.96 bits per heavy atom. The quantitative estimate of drug-likeness (QED) is 0.835. The molecule has 0 spiro atoms. The third-order valence-corrected chi connectivity index (χ3v) is 6.13. The number of rotatable bonds is 4. The van der Waals surface area contributed by atoms with Gasteiger partial charge in [0.2, 0.25) is 5.95 Å². The van der Waals surface area contributed by atoms with Crippen molar-refractivity contribution in [2.24, 2.45) is 0 Å². The first-order valence-corrected chi connectivity index (χ1v) is 10.3. The van der Waals surface area contributed by atoms with Gasteiger partial charge in [-0.3, -0.25) is 4.90 Å². The fourth-order valence-electron chi connectivity index (χ4n) is 4.50. The standard InChI is InChI=1S/C21H25ClN6/c1-27(18-9-5-11-28-10-3-2-8-19(18)28)20-17(22)14-24-21(26-20)25-16-7-4-6-15(12-16)13-23/h4,6-7,12,14,18-19H,2-3,5,8-11H2,1H3,(H,24,25,26)/t18-,19+/m0/s1. The van der Waals surface area contributed by atoms with E-state index < -0.39 is 0 Å². The minimum Gasteiger partial charge on any atom is -0.354 e. The predicted octanol–water partition coefficient (Wildman–Crippen LogP) is 4.20. The Labute approximate surface area is 171 Å². The minimum absolute atomic E-state index is 0.413. The highest BCUT2D eigenvalue weighted by Crippen LogP contribution is 2.33. The second-order valence-corrected chi connectivity index (χ2v) is 8.01. The molecule has 0 unspecified atom stereocenters. The zero-order valence-electron chi connectivity index (χ0n) is 16.1. The lowest BCUT2D eigenvalue weighted by Crippen LogP contribution is -2.56. The van der Waals surface area contributed by atoms with Gasteiger partial charge >= 0.3 is 0 Å². The molecule has 3 heterocycles. The highest BCUT2D eigenvalue weighted by molar-refractivity contribution is 6.32. The number of nitriles is 1. The number of likely N-dealkylation sites (N-methyl/N-ethyl adjacent to an activating group) is 1. The maximum absolute atomic E-state index is 9.08. The number of aromatic nitrogens is 2. The van der Waals surface area contributed by atoms with Crippen LogP contribution in [0.4, 0.5) is 17.5 Å². The molecule has 0 amide bonds. The van der Waals surface area contributed by atoms with Crippen molar-refractivity contribution < 1.29 is 0 Å². The van der Waals surface area contributed by atoms with E-state index in [-0.39, 0.29) is 0 Å². The van der Waals surface area contributed by atoms with Gasteiger partial charge in [-0.25, -0.2) is 4.98 Å². The Balaban J connectivity index is 1.57. The lowest BCUT2D eigenvalue weighted by Gasteiger charge is -2.47. The summed E-state index contributed by atoms with van der Waals surface area (Å²) in [6.45, 7) is 2.41. The Morgan fingerprint density at radius 1 is 1.25 bits per heavy atom. The predicted molar refractivity (Wildman–Crippen MR) is 112 cm³/mol. The third kappa shape index (κ3) is 3.91. The molecule has 4 rings (SSSR count). The molecular weight excluding hydrogens is 372 g/mol. The van der Waals surface area contributed by atoms with E-state index in [9.17, 15) is 0 Å². The van der Waals surface area contributed by atoms with Gasteiger partial charge in [0, 0.05) is 24.8 Å². The average Bonchev–Trinajstić information content (AvgIpc) is 2.74. The van der Waals surface area contributed by atoms with Crippen LogP contribution in [0.15, 0.2) is 30.5 Å². The van der Waals surface area contributed by atoms with Gasteiger partial charge in [0.1, 0.15) is 5.02 Å². The molecule has 2 aromatic rings. The Hall–Kier alpha value is -2.36. The summed E-state index contributed by atoms with van der Waals surface area (Å²) in [5.74, 6) is 1.24. The molecule has 7 heteroatoms. The zero-order valence-corrected chi connectivity index (χ0v) is 16.9. The number of halogens is 1. The molecule has 2 aliphatic heterocycles. The van der Waals surface area contributed by atoms with Crippen LogP contribution in [0.3, 0.4) is 0 Å². The molecule has 146 valence electrons. The first-order chi connectivity index (χ1) is 13.7. The topological polar surface area (TPSA) is 68.1 Å². The van der Waals surface area contributed by atoms with Gasteiger partial charge in [-0.05, 0) is 57.0 Å². The lowest BCUT2D eigenvalue weighted by atomic mass is 9.88. The summed E-state index contributed by atoms with van der Waals surface area (Å²) >= 11 is 6.49. The van der Waals surface area contributed by atoms with Crippen molar-refractivity contribution >= 4 is 29.1 Å². The van der Waals surface area contributed by atoms with Crippen LogP contribution in [0, 0.1) is 11.3 Å². The lowest BCUT2D eigenvalue weighted by molar-refractivity contribution is 0.0894. The van der Waals surface area contributed by atoms with Crippen LogP contribution in [-0.2, 0) is 0 Å². The molecule has 0 saturated carbocycles. The monoisotopic (exact) mass is 396 g/mol.